The van der Waals surface area contributed by atoms with Gasteiger partial charge in [-0.2, -0.15) is 0 Å². The van der Waals surface area contributed by atoms with Crippen LogP contribution in [0.25, 0.3) is 9.53 Å². The number of nitrogens with zero attached hydrogens (tertiary/aromatic N) is 6. The Kier molecular flexibility index (Phi) is 3.34. The van der Waals surface area contributed by atoms with E-state index in [1.807, 2.05) is 36.9 Å². The van der Waals surface area contributed by atoms with Gasteiger partial charge in [0.15, 0.2) is 11.0 Å². The van der Waals surface area contributed by atoms with E-state index in [2.05, 4.69) is 19.7 Å². The number of aromatic nitrogens is 4. The Morgan fingerprint density at radius 2 is 2.09 bits per heavy atom. The van der Waals surface area contributed by atoms with Gasteiger partial charge < -0.3 is 14.4 Å². The van der Waals surface area contributed by atoms with Crippen LogP contribution in [-0.4, -0.2) is 51.2 Å². The summed E-state index contributed by atoms with van der Waals surface area (Å²) in [4.78, 5) is 22.8. The van der Waals surface area contributed by atoms with Gasteiger partial charge in [0, 0.05) is 27.2 Å². The first-order chi connectivity index (χ1) is 11.0. The molecule has 7 nitrogen and oxygen atoms in total. The Morgan fingerprint density at radius 1 is 1.26 bits per heavy atom. The van der Waals surface area contributed by atoms with Gasteiger partial charge in [-0.05, 0) is 13.0 Å². The van der Waals surface area contributed by atoms with Gasteiger partial charge in [0.1, 0.15) is 10.7 Å². The SMILES string of the molecule is Cc1nnc2n1CCN(C(=O)c1cc3sc(N(C)C)nc3s1)C2. The van der Waals surface area contributed by atoms with Crippen molar-refractivity contribution in [3.8, 4) is 0 Å². The van der Waals surface area contributed by atoms with Crippen LogP contribution in [0, 0.1) is 6.92 Å². The van der Waals surface area contributed by atoms with Crippen molar-refractivity contribution in [1.82, 2.24) is 24.6 Å². The molecule has 1 amide bonds. The Morgan fingerprint density at radius 3 is 2.83 bits per heavy atom. The monoisotopic (exact) mass is 348 g/mol. The molecule has 0 fully saturated rings. The fraction of sp³-hybridized carbons (Fsp3) is 0.429. The Balaban J connectivity index is 1.58. The van der Waals surface area contributed by atoms with E-state index in [4.69, 9.17) is 0 Å². The van der Waals surface area contributed by atoms with Crippen LogP contribution in [0.3, 0.4) is 0 Å². The smallest absolute Gasteiger partial charge is 0.264 e. The molecule has 4 rings (SSSR count). The summed E-state index contributed by atoms with van der Waals surface area (Å²) in [6, 6.07) is 1.96. The van der Waals surface area contributed by atoms with Gasteiger partial charge in [-0.1, -0.05) is 11.3 Å². The highest BCUT2D eigenvalue weighted by atomic mass is 32.1. The topological polar surface area (TPSA) is 67.2 Å². The van der Waals surface area contributed by atoms with Gasteiger partial charge in [-0.3, -0.25) is 4.79 Å². The highest BCUT2D eigenvalue weighted by molar-refractivity contribution is 7.29. The van der Waals surface area contributed by atoms with Crippen LogP contribution >= 0.6 is 22.7 Å². The van der Waals surface area contributed by atoms with Crippen molar-refractivity contribution in [3.63, 3.8) is 0 Å². The number of rotatable bonds is 2. The minimum absolute atomic E-state index is 0.0542. The lowest BCUT2D eigenvalue weighted by atomic mass is 10.3. The van der Waals surface area contributed by atoms with Gasteiger partial charge in [-0.15, -0.1) is 21.5 Å². The zero-order valence-electron chi connectivity index (χ0n) is 13.1. The summed E-state index contributed by atoms with van der Waals surface area (Å²) >= 11 is 3.07. The van der Waals surface area contributed by atoms with Gasteiger partial charge in [0.2, 0.25) is 0 Å². The number of fused-ring (bicyclic) bond motifs is 2. The lowest BCUT2D eigenvalue weighted by Gasteiger charge is -2.27. The molecule has 0 aliphatic carbocycles. The zero-order valence-corrected chi connectivity index (χ0v) is 14.7. The van der Waals surface area contributed by atoms with Crippen LogP contribution in [0.1, 0.15) is 21.3 Å². The Labute approximate surface area is 141 Å². The number of carbonyl (C=O) groups excluding carboxylic acids is 1. The average Bonchev–Trinajstić information content (AvgIpc) is 3.19. The van der Waals surface area contributed by atoms with E-state index < -0.39 is 0 Å². The maximum absolute atomic E-state index is 12.7. The summed E-state index contributed by atoms with van der Waals surface area (Å²) in [6.45, 7) is 3.90. The molecule has 0 radical (unpaired) electrons. The molecular formula is C14H16N6OS2. The lowest BCUT2D eigenvalue weighted by Crippen LogP contribution is -2.38. The van der Waals surface area contributed by atoms with Gasteiger partial charge in [0.05, 0.1) is 16.1 Å². The highest BCUT2D eigenvalue weighted by Gasteiger charge is 2.26. The number of anilines is 1. The van der Waals surface area contributed by atoms with Crippen molar-refractivity contribution in [2.75, 3.05) is 25.5 Å². The molecule has 0 atom stereocenters. The Hall–Kier alpha value is -2.00. The molecule has 0 bridgehead atoms. The van der Waals surface area contributed by atoms with Crippen molar-refractivity contribution in [2.45, 2.75) is 20.0 Å². The molecule has 9 heteroatoms. The quantitative estimate of drug-likeness (QED) is 0.708. The number of hydrogen-bond donors (Lipinski definition) is 0. The number of thiazole rings is 1. The number of hydrogen-bond acceptors (Lipinski definition) is 7. The maximum Gasteiger partial charge on any atom is 0.264 e. The second kappa shape index (κ2) is 5.27. The molecule has 1 aliphatic rings. The number of amides is 1. The second-order valence-corrected chi connectivity index (χ2v) is 7.75. The van der Waals surface area contributed by atoms with Crippen molar-refractivity contribution in [3.05, 3.63) is 22.6 Å². The highest BCUT2D eigenvalue weighted by Crippen LogP contribution is 2.34. The normalized spacial score (nSPS) is 14.3. The van der Waals surface area contributed by atoms with Crippen molar-refractivity contribution < 1.29 is 4.79 Å². The van der Waals surface area contributed by atoms with Crippen LogP contribution in [0.5, 0.6) is 0 Å². The Bertz CT molecular complexity index is 861. The first kappa shape index (κ1) is 14.6. The molecule has 0 spiro atoms. The molecule has 0 saturated heterocycles. The van der Waals surface area contributed by atoms with Crippen LogP contribution in [0.15, 0.2) is 6.07 Å². The molecule has 3 aromatic rings. The zero-order chi connectivity index (χ0) is 16.1. The van der Waals surface area contributed by atoms with E-state index in [1.165, 1.54) is 11.3 Å². The first-order valence-corrected chi connectivity index (χ1v) is 8.92. The molecule has 23 heavy (non-hydrogen) atoms. The molecule has 0 N–H and O–H groups in total. The third-order valence-corrected chi connectivity index (χ3v) is 6.21. The third-order valence-electron chi connectivity index (χ3n) is 3.90. The van der Waals surface area contributed by atoms with Crippen molar-refractivity contribution in [1.29, 1.82) is 0 Å². The molecular weight excluding hydrogens is 332 g/mol. The molecule has 0 unspecified atom stereocenters. The minimum Gasteiger partial charge on any atom is -0.354 e. The van der Waals surface area contributed by atoms with Crippen molar-refractivity contribution >= 4 is 43.2 Å². The van der Waals surface area contributed by atoms with E-state index in [9.17, 15) is 4.79 Å². The summed E-state index contributed by atoms with van der Waals surface area (Å²) in [5.74, 6) is 1.82. The molecule has 1 aliphatic heterocycles. The number of aryl methyl sites for hydroxylation is 1. The van der Waals surface area contributed by atoms with E-state index >= 15 is 0 Å². The predicted octanol–water partition coefficient (Wildman–Crippen LogP) is 1.98. The van der Waals surface area contributed by atoms with Crippen LogP contribution in [-0.2, 0) is 13.1 Å². The average molecular weight is 348 g/mol. The van der Waals surface area contributed by atoms with E-state index in [0.717, 1.165) is 37.7 Å². The first-order valence-electron chi connectivity index (χ1n) is 7.28. The van der Waals surface area contributed by atoms with Gasteiger partial charge in [-0.25, -0.2) is 4.98 Å². The molecule has 0 aromatic carbocycles. The summed E-state index contributed by atoms with van der Waals surface area (Å²) < 4.78 is 3.14. The maximum atomic E-state index is 12.7. The van der Waals surface area contributed by atoms with Crippen LogP contribution in [0.4, 0.5) is 5.13 Å². The molecule has 4 heterocycles. The summed E-state index contributed by atoms with van der Waals surface area (Å²) in [7, 11) is 3.95. The van der Waals surface area contributed by atoms with Crippen LogP contribution in [0.2, 0.25) is 0 Å². The molecule has 3 aromatic heterocycles. The summed E-state index contributed by atoms with van der Waals surface area (Å²) in [6.07, 6.45) is 0. The van der Waals surface area contributed by atoms with E-state index in [1.54, 1.807) is 11.3 Å². The summed E-state index contributed by atoms with van der Waals surface area (Å²) in [5.41, 5.74) is 0. The minimum atomic E-state index is 0.0542. The third kappa shape index (κ3) is 2.40. The van der Waals surface area contributed by atoms with E-state index in [0.29, 0.717) is 13.1 Å². The van der Waals surface area contributed by atoms with Gasteiger partial charge in [0.25, 0.3) is 5.91 Å². The lowest BCUT2D eigenvalue weighted by molar-refractivity contribution is 0.0712. The van der Waals surface area contributed by atoms with Crippen molar-refractivity contribution in [2.24, 2.45) is 0 Å². The predicted molar refractivity (Wildman–Crippen MR) is 91.3 cm³/mol. The fourth-order valence-corrected chi connectivity index (χ4v) is 4.75. The van der Waals surface area contributed by atoms with Crippen LogP contribution < -0.4 is 4.90 Å². The summed E-state index contributed by atoms with van der Waals surface area (Å²) in [5, 5.41) is 9.20. The molecule has 120 valence electrons. The number of thiophene rings is 1. The largest absolute Gasteiger partial charge is 0.354 e. The second-order valence-electron chi connectivity index (χ2n) is 5.71. The fourth-order valence-electron chi connectivity index (χ4n) is 2.65. The standard InChI is InChI=1S/C14H16N6OS2/c1-8-16-17-11-7-19(4-5-20(8)11)13(21)10-6-9-12(22-10)15-14(23-9)18(2)3/h6H,4-5,7H2,1-3H3. The number of carbonyl (C=O) groups is 1. The van der Waals surface area contributed by atoms with Gasteiger partial charge >= 0.3 is 0 Å². The molecule has 0 saturated carbocycles. The van der Waals surface area contributed by atoms with E-state index in [-0.39, 0.29) is 5.91 Å².